The summed E-state index contributed by atoms with van der Waals surface area (Å²) in [5.74, 6) is 0.871. The minimum absolute atomic E-state index is 0.174. The Morgan fingerprint density at radius 3 is 2.71 bits per heavy atom. The molecule has 138 valence electrons. The second-order valence-electron chi connectivity index (χ2n) is 5.97. The largest absolute Gasteiger partial charge is 0.439 e. The molecule has 5 nitrogen and oxygen atoms in total. The van der Waals surface area contributed by atoms with Gasteiger partial charge in [-0.1, -0.05) is 24.3 Å². The monoisotopic (exact) mass is 387 g/mol. The van der Waals surface area contributed by atoms with Crippen molar-refractivity contribution in [3.8, 4) is 22.2 Å². The molecule has 0 aliphatic rings. The van der Waals surface area contributed by atoms with Crippen molar-refractivity contribution in [3.05, 3.63) is 95.6 Å². The molecule has 1 N–H and O–H groups in total. The topological polar surface area (TPSA) is 64.1 Å². The third-order valence-corrected chi connectivity index (χ3v) is 4.92. The summed E-state index contributed by atoms with van der Waals surface area (Å²) in [5, 5.41) is 4.98. The van der Waals surface area contributed by atoms with Gasteiger partial charge in [-0.25, -0.2) is 4.98 Å². The Hall–Kier alpha value is -3.51. The van der Waals surface area contributed by atoms with E-state index >= 15 is 0 Å². The van der Waals surface area contributed by atoms with E-state index in [1.807, 2.05) is 41.8 Å². The third kappa shape index (κ3) is 4.24. The highest BCUT2D eigenvalue weighted by Crippen LogP contribution is 2.26. The summed E-state index contributed by atoms with van der Waals surface area (Å²) in [5.41, 5.74) is 2.39. The van der Waals surface area contributed by atoms with Gasteiger partial charge >= 0.3 is 0 Å². The van der Waals surface area contributed by atoms with E-state index in [1.165, 1.54) is 0 Å². The average Bonchev–Trinajstić information content (AvgIpc) is 3.28. The Balaban J connectivity index is 1.46. The van der Waals surface area contributed by atoms with Crippen molar-refractivity contribution in [1.29, 1.82) is 0 Å². The minimum atomic E-state index is -0.174. The van der Waals surface area contributed by atoms with Crippen LogP contribution >= 0.6 is 11.3 Å². The highest BCUT2D eigenvalue weighted by atomic mass is 32.1. The lowest BCUT2D eigenvalue weighted by molar-refractivity contribution is 0.0950. The van der Waals surface area contributed by atoms with Crippen LogP contribution in [0.15, 0.2) is 84.5 Å². The van der Waals surface area contributed by atoms with E-state index in [0.717, 1.165) is 16.1 Å². The maximum absolute atomic E-state index is 12.6. The van der Waals surface area contributed by atoms with E-state index in [4.69, 9.17) is 4.74 Å². The fraction of sp³-hybridized carbons (Fsp3) is 0.0455. The molecule has 4 rings (SSSR count). The number of pyridine rings is 2. The molecule has 28 heavy (non-hydrogen) atoms. The summed E-state index contributed by atoms with van der Waals surface area (Å²) in [6.07, 6.45) is 3.42. The lowest BCUT2D eigenvalue weighted by Gasteiger charge is -2.10. The minimum Gasteiger partial charge on any atom is -0.439 e. The number of hydrogen-bond acceptors (Lipinski definition) is 5. The molecule has 0 unspecified atom stereocenters. The summed E-state index contributed by atoms with van der Waals surface area (Å²) in [6.45, 7) is 0.394. The molecule has 3 heterocycles. The van der Waals surface area contributed by atoms with Crippen LogP contribution in [0.4, 0.5) is 0 Å². The zero-order valence-electron chi connectivity index (χ0n) is 14.9. The molecular weight excluding hydrogens is 370 g/mol. The van der Waals surface area contributed by atoms with Gasteiger partial charge in [0.1, 0.15) is 5.75 Å². The van der Waals surface area contributed by atoms with E-state index in [0.29, 0.717) is 23.7 Å². The fourth-order valence-corrected chi connectivity index (χ4v) is 3.48. The van der Waals surface area contributed by atoms with Gasteiger partial charge in [-0.2, -0.15) is 0 Å². The lowest BCUT2D eigenvalue weighted by Crippen LogP contribution is -2.23. The van der Waals surface area contributed by atoms with E-state index in [2.05, 4.69) is 15.3 Å². The van der Waals surface area contributed by atoms with Crippen molar-refractivity contribution < 1.29 is 9.53 Å². The maximum atomic E-state index is 12.6. The quantitative estimate of drug-likeness (QED) is 0.510. The van der Waals surface area contributed by atoms with E-state index < -0.39 is 0 Å². The van der Waals surface area contributed by atoms with Gasteiger partial charge < -0.3 is 10.1 Å². The lowest BCUT2D eigenvalue weighted by atomic mass is 10.1. The second-order valence-corrected chi connectivity index (χ2v) is 6.92. The van der Waals surface area contributed by atoms with Crippen LogP contribution in [0, 0.1) is 0 Å². The van der Waals surface area contributed by atoms with Gasteiger partial charge in [-0.05, 0) is 47.3 Å². The molecule has 4 aromatic rings. The molecule has 0 saturated heterocycles. The molecule has 0 aliphatic carbocycles. The first-order valence-electron chi connectivity index (χ1n) is 8.74. The molecule has 0 bridgehead atoms. The molecule has 1 aromatic carbocycles. The van der Waals surface area contributed by atoms with E-state index in [9.17, 15) is 4.79 Å². The zero-order chi connectivity index (χ0) is 19.2. The van der Waals surface area contributed by atoms with Crippen LogP contribution in [-0.2, 0) is 6.54 Å². The molecule has 0 spiro atoms. The van der Waals surface area contributed by atoms with Gasteiger partial charge in [-0.15, -0.1) is 11.3 Å². The summed E-state index contributed by atoms with van der Waals surface area (Å²) in [6, 6.07) is 20.3. The Bertz CT molecular complexity index is 1070. The van der Waals surface area contributed by atoms with Crippen LogP contribution in [0.25, 0.3) is 10.6 Å². The molecule has 6 heteroatoms. The molecule has 0 saturated carbocycles. The van der Waals surface area contributed by atoms with Crippen molar-refractivity contribution >= 4 is 17.2 Å². The SMILES string of the molecule is O=C(NCc1cccnc1-c1cccs1)c1cccc(Oc2ccccn2)c1. The van der Waals surface area contributed by atoms with Crippen molar-refractivity contribution in [3.63, 3.8) is 0 Å². The van der Waals surface area contributed by atoms with Gasteiger partial charge in [0, 0.05) is 30.6 Å². The second kappa shape index (κ2) is 8.45. The van der Waals surface area contributed by atoms with Crippen molar-refractivity contribution in [2.45, 2.75) is 6.54 Å². The molecule has 0 atom stereocenters. The van der Waals surface area contributed by atoms with Crippen molar-refractivity contribution in [2.24, 2.45) is 0 Å². The van der Waals surface area contributed by atoms with E-state index in [1.54, 1.807) is 54.1 Å². The number of carbonyl (C=O) groups excluding carboxylic acids is 1. The number of carbonyl (C=O) groups is 1. The smallest absolute Gasteiger partial charge is 0.251 e. The summed E-state index contributed by atoms with van der Waals surface area (Å²) in [4.78, 5) is 22.3. The first-order valence-corrected chi connectivity index (χ1v) is 9.62. The number of rotatable bonds is 6. The number of aromatic nitrogens is 2. The zero-order valence-corrected chi connectivity index (χ0v) is 15.7. The number of nitrogens with zero attached hydrogens (tertiary/aromatic N) is 2. The summed E-state index contributed by atoms with van der Waals surface area (Å²) in [7, 11) is 0. The predicted molar refractivity (Wildman–Crippen MR) is 109 cm³/mol. The fourth-order valence-electron chi connectivity index (χ4n) is 2.72. The molecule has 1 amide bonds. The van der Waals surface area contributed by atoms with Crippen LogP contribution in [0.5, 0.6) is 11.6 Å². The van der Waals surface area contributed by atoms with Crippen LogP contribution < -0.4 is 10.1 Å². The number of thiophene rings is 1. The molecule has 0 fully saturated rings. The molecule has 3 aromatic heterocycles. The highest BCUT2D eigenvalue weighted by molar-refractivity contribution is 7.13. The van der Waals surface area contributed by atoms with Crippen molar-refractivity contribution in [1.82, 2.24) is 15.3 Å². The maximum Gasteiger partial charge on any atom is 0.251 e. The third-order valence-electron chi connectivity index (χ3n) is 4.04. The first kappa shape index (κ1) is 17.9. The Morgan fingerprint density at radius 2 is 1.89 bits per heavy atom. The molecule has 0 aliphatic heterocycles. The first-order chi connectivity index (χ1) is 13.8. The number of ether oxygens (including phenoxy) is 1. The van der Waals surface area contributed by atoms with Crippen molar-refractivity contribution in [2.75, 3.05) is 0 Å². The number of nitrogens with one attached hydrogen (secondary N) is 1. The van der Waals surface area contributed by atoms with Gasteiger partial charge in [0.25, 0.3) is 5.91 Å². The average molecular weight is 387 g/mol. The number of benzene rings is 1. The predicted octanol–water partition coefficient (Wildman–Crippen LogP) is 4.93. The van der Waals surface area contributed by atoms with Crippen LogP contribution in [-0.4, -0.2) is 15.9 Å². The van der Waals surface area contributed by atoms with Gasteiger partial charge in [0.15, 0.2) is 0 Å². The van der Waals surface area contributed by atoms with Crippen LogP contribution in [0.3, 0.4) is 0 Å². The van der Waals surface area contributed by atoms with Gasteiger partial charge in [-0.3, -0.25) is 9.78 Å². The van der Waals surface area contributed by atoms with Gasteiger partial charge in [0.05, 0.1) is 10.6 Å². The van der Waals surface area contributed by atoms with Gasteiger partial charge in [0.2, 0.25) is 5.88 Å². The number of amides is 1. The van der Waals surface area contributed by atoms with Crippen LogP contribution in [0.2, 0.25) is 0 Å². The highest BCUT2D eigenvalue weighted by Gasteiger charge is 2.11. The normalized spacial score (nSPS) is 10.4. The molecule has 0 radical (unpaired) electrons. The summed E-state index contributed by atoms with van der Waals surface area (Å²) < 4.78 is 5.70. The van der Waals surface area contributed by atoms with E-state index in [-0.39, 0.29) is 5.91 Å². The summed E-state index contributed by atoms with van der Waals surface area (Å²) >= 11 is 1.63. The Morgan fingerprint density at radius 1 is 0.964 bits per heavy atom. The number of hydrogen-bond donors (Lipinski definition) is 1. The Kier molecular flexibility index (Phi) is 5.40. The Labute approximate surface area is 166 Å². The standard InChI is InChI=1S/C22H17N3O2S/c26-22(16-6-3-8-18(14-16)27-20-10-1-2-11-23-20)25-15-17-7-4-12-24-21(17)19-9-5-13-28-19/h1-14H,15H2,(H,25,26). The van der Waals surface area contributed by atoms with Crippen LogP contribution in [0.1, 0.15) is 15.9 Å². The molecular formula is C22H17N3O2S.